The second kappa shape index (κ2) is 8.39. The number of aromatic nitrogens is 1. The van der Waals surface area contributed by atoms with Crippen molar-refractivity contribution in [1.29, 1.82) is 0 Å². The Morgan fingerprint density at radius 1 is 0.862 bits per heavy atom. The third kappa shape index (κ3) is 4.01. The van der Waals surface area contributed by atoms with Crippen molar-refractivity contribution in [1.82, 2.24) is 4.98 Å². The van der Waals surface area contributed by atoms with Crippen LogP contribution in [-0.4, -0.2) is 23.5 Å². The Kier molecular flexibility index (Phi) is 5.33. The van der Waals surface area contributed by atoms with E-state index in [1.165, 1.54) is 6.39 Å². The summed E-state index contributed by atoms with van der Waals surface area (Å²) in [5.41, 5.74) is 2.77. The van der Waals surface area contributed by atoms with E-state index < -0.39 is 5.97 Å². The highest BCUT2D eigenvalue weighted by molar-refractivity contribution is 6.02. The second-order valence-corrected chi connectivity index (χ2v) is 6.29. The van der Waals surface area contributed by atoms with Crippen LogP contribution in [0.3, 0.4) is 0 Å². The first-order valence-electron chi connectivity index (χ1n) is 9.16. The number of carbonyl (C=O) groups excluding carboxylic acids is 2. The summed E-state index contributed by atoms with van der Waals surface area (Å²) in [4.78, 5) is 31.0. The van der Waals surface area contributed by atoms with Gasteiger partial charge in [0.2, 0.25) is 5.91 Å². The molecule has 0 saturated heterocycles. The van der Waals surface area contributed by atoms with E-state index in [1.807, 2.05) is 60.7 Å². The van der Waals surface area contributed by atoms with Crippen LogP contribution in [0.25, 0.3) is 11.1 Å². The fraction of sp³-hybridized carbons (Fsp3) is 0.0870. The molecule has 0 saturated carbocycles. The quantitative estimate of drug-likeness (QED) is 0.448. The van der Waals surface area contributed by atoms with E-state index in [-0.39, 0.29) is 18.9 Å². The molecular formula is C23H18N2O4. The maximum absolute atomic E-state index is 12.9. The van der Waals surface area contributed by atoms with Gasteiger partial charge in [-0.15, -0.1) is 0 Å². The molecule has 0 bridgehead atoms. The number of anilines is 2. The van der Waals surface area contributed by atoms with Crippen LogP contribution >= 0.6 is 0 Å². The Morgan fingerprint density at radius 3 is 2.17 bits per heavy atom. The molecule has 1 amide bonds. The van der Waals surface area contributed by atoms with Crippen LogP contribution in [0.15, 0.2) is 89.7 Å². The molecule has 0 aliphatic rings. The van der Waals surface area contributed by atoms with Crippen LogP contribution in [0, 0.1) is 0 Å². The molecule has 4 rings (SSSR count). The van der Waals surface area contributed by atoms with Crippen molar-refractivity contribution in [2.75, 3.05) is 11.5 Å². The van der Waals surface area contributed by atoms with Gasteiger partial charge in [-0.05, 0) is 36.4 Å². The molecule has 0 spiro atoms. The number of fused-ring (bicyclic) bond motifs is 1. The largest absolute Gasteiger partial charge is 0.461 e. The summed E-state index contributed by atoms with van der Waals surface area (Å²) in [5, 5.41) is 0. The highest BCUT2D eigenvalue weighted by atomic mass is 16.5. The predicted octanol–water partition coefficient (Wildman–Crippen LogP) is 4.74. The smallest absolute Gasteiger partial charge is 0.340 e. The molecule has 0 atom stereocenters. The topological polar surface area (TPSA) is 72.6 Å². The third-order valence-corrected chi connectivity index (χ3v) is 4.41. The van der Waals surface area contributed by atoms with E-state index in [0.29, 0.717) is 16.7 Å². The van der Waals surface area contributed by atoms with Gasteiger partial charge < -0.3 is 9.15 Å². The first-order valence-corrected chi connectivity index (χ1v) is 9.16. The van der Waals surface area contributed by atoms with Crippen LogP contribution in [0.4, 0.5) is 11.4 Å². The van der Waals surface area contributed by atoms with E-state index in [2.05, 4.69) is 4.98 Å². The Balaban J connectivity index is 1.46. The lowest BCUT2D eigenvalue weighted by Crippen LogP contribution is -2.27. The standard InChI is InChI=1S/C23H18N2O4/c26-21(25(17-8-3-1-4-9-17)18-10-5-2-6-11-18)14-15-28-23(27)19-12-7-13-20-22(19)24-16-29-20/h1-13,16H,14-15H2. The van der Waals surface area contributed by atoms with Crippen molar-refractivity contribution in [3.05, 3.63) is 90.8 Å². The number of hydrogen-bond acceptors (Lipinski definition) is 5. The molecule has 6 nitrogen and oxygen atoms in total. The SMILES string of the molecule is O=C(OCCC(=O)N(c1ccccc1)c1ccccc1)c1cccc2ocnc12. The molecule has 0 radical (unpaired) electrons. The van der Waals surface area contributed by atoms with Crippen molar-refractivity contribution in [2.45, 2.75) is 6.42 Å². The normalized spacial score (nSPS) is 10.6. The molecule has 0 aliphatic heterocycles. The van der Waals surface area contributed by atoms with Crippen molar-refractivity contribution in [3.63, 3.8) is 0 Å². The van der Waals surface area contributed by atoms with Gasteiger partial charge in [-0.25, -0.2) is 9.78 Å². The predicted molar refractivity (Wildman–Crippen MR) is 109 cm³/mol. The number of oxazole rings is 1. The number of hydrogen-bond donors (Lipinski definition) is 0. The van der Waals surface area contributed by atoms with Crippen LogP contribution in [-0.2, 0) is 9.53 Å². The van der Waals surface area contributed by atoms with Gasteiger partial charge in [0, 0.05) is 11.4 Å². The second-order valence-electron chi connectivity index (χ2n) is 6.29. The number of amides is 1. The fourth-order valence-electron chi connectivity index (χ4n) is 3.06. The highest BCUT2D eigenvalue weighted by Crippen LogP contribution is 2.26. The summed E-state index contributed by atoms with van der Waals surface area (Å²) in [7, 11) is 0. The fourth-order valence-corrected chi connectivity index (χ4v) is 3.06. The molecule has 0 aliphatic carbocycles. The maximum atomic E-state index is 12.9. The number of para-hydroxylation sites is 3. The summed E-state index contributed by atoms with van der Waals surface area (Å²) in [5.74, 6) is -0.710. The van der Waals surface area contributed by atoms with Gasteiger partial charge in [0.15, 0.2) is 12.0 Å². The highest BCUT2D eigenvalue weighted by Gasteiger charge is 2.19. The molecular weight excluding hydrogens is 368 g/mol. The van der Waals surface area contributed by atoms with E-state index in [9.17, 15) is 9.59 Å². The number of benzene rings is 3. The van der Waals surface area contributed by atoms with Crippen LogP contribution in [0.1, 0.15) is 16.8 Å². The first kappa shape index (κ1) is 18.4. The minimum Gasteiger partial charge on any atom is -0.461 e. The van der Waals surface area contributed by atoms with Gasteiger partial charge in [-0.2, -0.15) is 0 Å². The van der Waals surface area contributed by atoms with Gasteiger partial charge in [0.05, 0.1) is 12.0 Å². The third-order valence-electron chi connectivity index (χ3n) is 4.41. The zero-order valence-corrected chi connectivity index (χ0v) is 15.5. The van der Waals surface area contributed by atoms with Crippen molar-refractivity contribution in [2.24, 2.45) is 0 Å². The minimum absolute atomic E-state index is 0.0396. The summed E-state index contributed by atoms with van der Waals surface area (Å²) in [6.45, 7) is -0.0396. The minimum atomic E-state index is -0.539. The van der Waals surface area contributed by atoms with Gasteiger partial charge in [-0.1, -0.05) is 42.5 Å². The van der Waals surface area contributed by atoms with E-state index in [1.54, 1.807) is 23.1 Å². The van der Waals surface area contributed by atoms with Gasteiger partial charge >= 0.3 is 5.97 Å². The van der Waals surface area contributed by atoms with Gasteiger partial charge in [-0.3, -0.25) is 9.69 Å². The van der Waals surface area contributed by atoms with Gasteiger partial charge in [0.1, 0.15) is 12.1 Å². The Hall–Kier alpha value is -3.93. The lowest BCUT2D eigenvalue weighted by atomic mass is 10.2. The molecule has 1 aromatic heterocycles. The van der Waals surface area contributed by atoms with Gasteiger partial charge in [0.25, 0.3) is 0 Å². The molecule has 0 unspecified atom stereocenters. The molecule has 3 aromatic carbocycles. The Morgan fingerprint density at radius 2 is 1.52 bits per heavy atom. The first-order chi connectivity index (χ1) is 14.2. The summed E-state index contributed by atoms with van der Waals surface area (Å²) in [6.07, 6.45) is 1.33. The zero-order valence-electron chi connectivity index (χ0n) is 15.5. The maximum Gasteiger partial charge on any atom is 0.340 e. The van der Waals surface area contributed by atoms with Crippen LogP contribution in [0.2, 0.25) is 0 Å². The molecule has 6 heteroatoms. The number of ether oxygens (including phenoxy) is 1. The average molecular weight is 386 g/mol. The summed E-state index contributed by atoms with van der Waals surface area (Å²) in [6, 6.07) is 23.8. The Bertz CT molecular complexity index is 1080. The van der Waals surface area contributed by atoms with E-state index in [0.717, 1.165) is 11.4 Å². The number of carbonyl (C=O) groups is 2. The molecule has 0 fully saturated rings. The molecule has 29 heavy (non-hydrogen) atoms. The van der Waals surface area contributed by atoms with Crippen molar-refractivity contribution in [3.8, 4) is 0 Å². The van der Waals surface area contributed by atoms with Crippen LogP contribution < -0.4 is 4.90 Å². The molecule has 144 valence electrons. The summed E-state index contributed by atoms with van der Waals surface area (Å²) >= 11 is 0. The van der Waals surface area contributed by atoms with Crippen molar-refractivity contribution < 1.29 is 18.7 Å². The lowest BCUT2D eigenvalue weighted by molar-refractivity contribution is -0.118. The lowest BCUT2D eigenvalue weighted by Gasteiger charge is -2.23. The monoisotopic (exact) mass is 386 g/mol. The molecule has 0 N–H and O–H groups in total. The van der Waals surface area contributed by atoms with Crippen LogP contribution in [0.5, 0.6) is 0 Å². The molecule has 1 heterocycles. The van der Waals surface area contributed by atoms with E-state index >= 15 is 0 Å². The number of nitrogens with zero attached hydrogens (tertiary/aromatic N) is 2. The summed E-state index contributed by atoms with van der Waals surface area (Å²) < 4.78 is 10.5. The number of rotatable bonds is 6. The zero-order chi connectivity index (χ0) is 20.1. The van der Waals surface area contributed by atoms with E-state index in [4.69, 9.17) is 9.15 Å². The average Bonchev–Trinajstić information content (AvgIpc) is 3.24. The molecule has 4 aromatic rings. The Labute approximate surface area is 167 Å². The number of esters is 1. The van der Waals surface area contributed by atoms with Crippen molar-refractivity contribution >= 4 is 34.4 Å².